The van der Waals surface area contributed by atoms with Crippen molar-refractivity contribution in [3.8, 4) is 0 Å². The Morgan fingerprint density at radius 2 is 1.82 bits per heavy atom. The van der Waals surface area contributed by atoms with E-state index in [1.165, 1.54) is 6.42 Å². The van der Waals surface area contributed by atoms with E-state index in [9.17, 15) is 10.2 Å². The molecule has 0 atom stereocenters. The molecule has 0 radical (unpaired) electrons. The van der Waals surface area contributed by atoms with E-state index in [2.05, 4.69) is 5.32 Å². The molecule has 1 saturated carbocycles. The van der Waals surface area contributed by atoms with Crippen LogP contribution in [0.25, 0.3) is 0 Å². The predicted molar refractivity (Wildman–Crippen MR) is 68.9 cm³/mol. The maximum absolute atomic E-state index is 10.4. The molecular weight excluding hydrogens is 214 g/mol. The fourth-order valence-electron chi connectivity index (χ4n) is 2.48. The van der Waals surface area contributed by atoms with E-state index >= 15 is 0 Å². The summed E-state index contributed by atoms with van der Waals surface area (Å²) in [6, 6.07) is 7.68. The highest BCUT2D eigenvalue weighted by Gasteiger charge is 2.28. The van der Waals surface area contributed by atoms with Crippen molar-refractivity contribution in [3.63, 3.8) is 0 Å². The van der Waals surface area contributed by atoms with Gasteiger partial charge >= 0.3 is 0 Å². The highest BCUT2D eigenvalue weighted by atomic mass is 16.3. The van der Waals surface area contributed by atoms with E-state index < -0.39 is 5.60 Å². The zero-order valence-corrected chi connectivity index (χ0v) is 10.2. The summed E-state index contributed by atoms with van der Waals surface area (Å²) in [5.74, 6) is 0. The van der Waals surface area contributed by atoms with E-state index in [0.29, 0.717) is 6.54 Å². The number of aliphatic hydroxyl groups is 2. The lowest BCUT2D eigenvalue weighted by Gasteiger charge is -2.32. The fraction of sp³-hybridized carbons (Fsp3) is 0.571. The van der Waals surface area contributed by atoms with Gasteiger partial charge in [-0.25, -0.2) is 0 Å². The minimum Gasteiger partial charge on any atom is -0.392 e. The van der Waals surface area contributed by atoms with Gasteiger partial charge in [-0.3, -0.25) is 0 Å². The Morgan fingerprint density at radius 1 is 1.12 bits per heavy atom. The molecule has 1 aromatic carbocycles. The molecule has 3 heteroatoms. The number of rotatable bonds is 4. The first-order chi connectivity index (χ1) is 8.23. The lowest BCUT2D eigenvalue weighted by atomic mass is 9.85. The summed E-state index contributed by atoms with van der Waals surface area (Å²) in [4.78, 5) is 0. The molecule has 0 amide bonds. The monoisotopic (exact) mass is 235 g/mol. The van der Waals surface area contributed by atoms with Crippen LogP contribution in [0.5, 0.6) is 0 Å². The molecule has 0 aliphatic heterocycles. The van der Waals surface area contributed by atoms with E-state index in [-0.39, 0.29) is 6.61 Å². The fourth-order valence-corrected chi connectivity index (χ4v) is 2.48. The first kappa shape index (κ1) is 12.4. The third kappa shape index (κ3) is 3.20. The topological polar surface area (TPSA) is 52.5 Å². The quantitative estimate of drug-likeness (QED) is 0.750. The highest BCUT2D eigenvalue weighted by Crippen LogP contribution is 2.28. The molecule has 0 heterocycles. The van der Waals surface area contributed by atoms with Gasteiger partial charge in [0.25, 0.3) is 0 Å². The normalized spacial score (nSPS) is 18.9. The molecule has 1 fully saturated rings. The lowest BCUT2D eigenvalue weighted by Crippen LogP contribution is -2.38. The van der Waals surface area contributed by atoms with Gasteiger partial charge in [-0.15, -0.1) is 0 Å². The smallest absolute Gasteiger partial charge is 0.0819 e. The molecule has 0 aromatic heterocycles. The van der Waals surface area contributed by atoms with Gasteiger partial charge in [0, 0.05) is 17.8 Å². The second-order valence-electron chi connectivity index (χ2n) is 4.95. The van der Waals surface area contributed by atoms with Gasteiger partial charge in [-0.05, 0) is 18.9 Å². The maximum atomic E-state index is 10.4. The molecule has 1 aliphatic carbocycles. The van der Waals surface area contributed by atoms with Crippen LogP contribution < -0.4 is 5.32 Å². The standard InChI is InChI=1S/C14H21NO2/c16-10-12-6-2-3-7-13(12)15-11-14(17)8-4-1-5-9-14/h2-3,6-7,15-17H,1,4-5,8-11H2. The van der Waals surface area contributed by atoms with Crippen molar-refractivity contribution in [1.82, 2.24) is 0 Å². The number of nitrogens with one attached hydrogen (secondary N) is 1. The van der Waals surface area contributed by atoms with Crippen LogP contribution in [0.3, 0.4) is 0 Å². The van der Waals surface area contributed by atoms with Gasteiger partial charge in [0.15, 0.2) is 0 Å². The SMILES string of the molecule is OCc1ccccc1NCC1(O)CCCCC1. The van der Waals surface area contributed by atoms with Crippen molar-refractivity contribution in [3.05, 3.63) is 29.8 Å². The van der Waals surface area contributed by atoms with Crippen molar-refractivity contribution in [1.29, 1.82) is 0 Å². The molecule has 1 aromatic rings. The Labute approximate surface area is 102 Å². The van der Waals surface area contributed by atoms with Gasteiger partial charge in [0.1, 0.15) is 0 Å². The Kier molecular flexibility index (Phi) is 4.02. The number of anilines is 1. The average Bonchev–Trinajstić information content (AvgIpc) is 2.38. The van der Waals surface area contributed by atoms with Crippen molar-refractivity contribution in [2.45, 2.75) is 44.3 Å². The number of hydrogen-bond acceptors (Lipinski definition) is 3. The minimum atomic E-state index is -0.569. The summed E-state index contributed by atoms with van der Waals surface area (Å²) in [5.41, 5.74) is 1.24. The van der Waals surface area contributed by atoms with Crippen molar-refractivity contribution in [2.24, 2.45) is 0 Å². The predicted octanol–water partition coefficient (Wildman–Crippen LogP) is 2.29. The van der Waals surface area contributed by atoms with Gasteiger partial charge in [0.05, 0.1) is 12.2 Å². The van der Waals surface area contributed by atoms with E-state index in [4.69, 9.17) is 0 Å². The van der Waals surface area contributed by atoms with Crippen LogP contribution in [0.1, 0.15) is 37.7 Å². The molecule has 17 heavy (non-hydrogen) atoms. The minimum absolute atomic E-state index is 0.0294. The van der Waals surface area contributed by atoms with Crippen LogP contribution in [0.2, 0.25) is 0 Å². The van der Waals surface area contributed by atoms with E-state index in [1.54, 1.807) is 0 Å². The zero-order chi connectivity index (χ0) is 12.1. The third-order valence-corrected chi connectivity index (χ3v) is 3.58. The van der Waals surface area contributed by atoms with Gasteiger partial charge in [-0.2, -0.15) is 0 Å². The third-order valence-electron chi connectivity index (χ3n) is 3.58. The van der Waals surface area contributed by atoms with Gasteiger partial charge < -0.3 is 15.5 Å². The molecule has 0 unspecified atom stereocenters. The van der Waals surface area contributed by atoms with Crippen molar-refractivity contribution >= 4 is 5.69 Å². The first-order valence-corrected chi connectivity index (χ1v) is 6.38. The number of para-hydroxylation sites is 1. The summed E-state index contributed by atoms with van der Waals surface area (Å²) < 4.78 is 0. The molecule has 94 valence electrons. The zero-order valence-electron chi connectivity index (χ0n) is 10.2. The molecule has 1 aliphatic rings. The molecule has 0 spiro atoms. The Morgan fingerprint density at radius 3 is 2.53 bits per heavy atom. The van der Waals surface area contributed by atoms with Crippen LogP contribution >= 0.6 is 0 Å². The summed E-state index contributed by atoms with van der Waals surface area (Å²) >= 11 is 0. The van der Waals surface area contributed by atoms with E-state index in [1.807, 2.05) is 24.3 Å². The second kappa shape index (κ2) is 5.52. The van der Waals surface area contributed by atoms with Gasteiger partial charge in [-0.1, -0.05) is 37.5 Å². The van der Waals surface area contributed by atoms with Crippen molar-refractivity contribution < 1.29 is 10.2 Å². The Bertz CT molecular complexity index is 359. The lowest BCUT2D eigenvalue weighted by molar-refractivity contribution is 0.0167. The summed E-state index contributed by atoms with van der Waals surface area (Å²) in [6.07, 6.45) is 5.21. The molecule has 3 nitrogen and oxygen atoms in total. The highest BCUT2D eigenvalue weighted by molar-refractivity contribution is 5.50. The average molecular weight is 235 g/mol. The van der Waals surface area contributed by atoms with Crippen LogP contribution in [-0.4, -0.2) is 22.4 Å². The van der Waals surface area contributed by atoms with E-state index in [0.717, 1.165) is 36.9 Å². The summed E-state index contributed by atoms with van der Waals surface area (Å²) in [6.45, 7) is 0.603. The number of benzene rings is 1. The van der Waals surface area contributed by atoms with Crippen LogP contribution in [-0.2, 0) is 6.61 Å². The Balaban J connectivity index is 1.96. The number of hydrogen-bond donors (Lipinski definition) is 3. The molecule has 0 bridgehead atoms. The van der Waals surface area contributed by atoms with Crippen molar-refractivity contribution in [2.75, 3.05) is 11.9 Å². The van der Waals surface area contributed by atoms with Crippen LogP contribution in [0, 0.1) is 0 Å². The summed E-state index contributed by atoms with van der Waals surface area (Å²) in [7, 11) is 0. The first-order valence-electron chi connectivity index (χ1n) is 6.38. The Hall–Kier alpha value is -1.06. The maximum Gasteiger partial charge on any atom is 0.0819 e. The van der Waals surface area contributed by atoms with Crippen LogP contribution in [0.4, 0.5) is 5.69 Å². The number of aliphatic hydroxyl groups excluding tert-OH is 1. The summed E-state index contributed by atoms with van der Waals surface area (Å²) in [5, 5.41) is 22.9. The largest absolute Gasteiger partial charge is 0.392 e. The molecule has 3 N–H and O–H groups in total. The molecule has 0 saturated heterocycles. The molecular formula is C14H21NO2. The van der Waals surface area contributed by atoms with Crippen LogP contribution in [0.15, 0.2) is 24.3 Å². The molecule has 2 rings (SSSR count). The second-order valence-corrected chi connectivity index (χ2v) is 4.95. The van der Waals surface area contributed by atoms with Gasteiger partial charge in [0.2, 0.25) is 0 Å².